The van der Waals surface area contributed by atoms with Crippen LogP contribution in [0.1, 0.15) is 35.8 Å². The third-order valence-corrected chi connectivity index (χ3v) is 3.98. The number of rotatable bonds is 5. The van der Waals surface area contributed by atoms with Crippen molar-refractivity contribution in [1.82, 2.24) is 5.32 Å². The van der Waals surface area contributed by atoms with Gasteiger partial charge in [-0.3, -0.25) is 0 Å². The lowest BCUT2D eigenvalue weighted by atomic mass is 10.1. The van der Waals surface area contributed by atoms with Crippen LogP contribution in [0.25, 0.3) is 0 Å². The zero-order chi connectivity index (χ0) is 15.5. The topological polar surface area (TPSA) is 50.7 Å². The second kappa shape index (κ2) is 6.38. The third-order valence-electron chi connectivity index (χ3n) is 3.98. The number of ether oxygens (including phenoxy) is 2. The van der Waals surface area contributed by atoms with E-state index in [2.05, 4.69) is 12.2 Å². The van der Waals surface area contributed by atoms with Crippen molar-refractivity contribution in [3.05, 3.63) is 59.2 Å². The Morgan fingerprint density at radius 2 is 1.73 bits per heavy atom. The summed E-state index contributed by atoms with van der Waals surface area (Å²) in [5.74, 6) is 1.57. The molecular formula is C18H21NO3. The Morgan fingerprint density at radius 1 is 1.05 bits per heavy atom. The van der Waals surface area contributed by atoms with Gasteiger partial charge in [0, 0.05) is 12.6 Å². The molecule has 0 saturated heterocycles. The van der Waals surface area contributed by atoms with Crippen molar-refractivity contribution < 1.29 is 14.6 Å². The Labute approximate surface area is 130 Å². The van der Waals surface area contributed by atoms with E-state index >= 15 is 0 Å². The van der Waals surface area contributed by atoms with E-state index in [0.717, 1.165) is 22.6 Å². The molecule has 0 fully saturated rings. The molecule has 2 unspecified atom stereocenters. The van der Waals surface area contributed by atoms with Gasteiger partial charge < -0.3 is 19.9 Å². The number of nitrogens with one attached hydrogen (secondary N) is 1. The molecule has 2 aromatic carbocycles. The van der Waals surface area contributed by atoms with E-state index in [0.29, 0.717) is 6.54 Å². The molecule has 1 aliphatic rings. The summed E-state index contributed by atoms with van der Waals surface area (Å²) in [6.45, 7) is 4.89. The van der Waals surface area contributed by atoms with Crippen LogP contribution in [0, 0.1) is 6.92 Å². The normalized spacial score (nSPS) is 15.6. The molecule has 22 heavy (non-hydrogen) atoms. The smallest absolute Gasteiger partial charge is 0.231 e. The summed E-state index contributed by atoms with van der Waals surface area (Å²) >= 11 is 0. The molecule has 116 valence electrons. The second-order valence-corrected chi connectivity index (χ2v) is 5.67. The van der Waals surface area contributed by atoms with Crippen molar-refractivity contribution in [2.75, 3.05) is 13.3 Å². The molecule has 1 heterocycles. The predicted octanol–water partition coefficient (Wildman–Crippen LogP) is 3.11. The largest absolute Gasteiger partial charge is 0.454 e. The lowest BCUT2D eigenvalue weighted by molar-refractivity contribution is 0.170. The van der Waals surface area contributed by atoms with Gasteiger partial charge in [0.1, 0.15) is 0 Å². The Morgan fingerprint density at radius 3 is 2.50 bits per heavy atom. The first kappa shape index (κ1) is 14.9. The van der Waals surface area contributed by atoms with Crippen LogP contribution in [0.3, 0.4) is 0 Å². The Balaban J connectivity index is 1.60. The van der Waals surface area contributed by atoms with Gasteiger partial charge in [-0.2, -0.15) is 0 Å². The molecule has 4 heteroatoms. The Hall–Kier alpha value is -2.04. The maximum absolute atomic E-state index is 10.3. The summed E-state index contributed by atoms with van der Waals surface area (Å²) in [5.41, 5.74) is 3.23. The van der Waals surface area contributed by atoms with E-state index in [4.69, 9.17) is 9.47 Å². The molecule has 0 amide bonds. The van der Waals surface area contributed by atoms with Crippen LogP contribution in [-0.2, 0) is 0 Å². The zero-order valence-corrected chi connectivity index (χ0v) is 12.9. The van der Waals surface area contributed by atoms with Gasteiger partial charge in [-0.15, -0.1) is 0 Å². The minimum Gasteiger partial charge on any atom is -0.454 e. The Kier molecular flexibility index (Phi) is 4.32. The van der Waals surface area contributed by atoms with Crippen molar-refractivity contribution in [3.8, 4) is 11.5 Å². The summed E-state index contributed by atoms with van der Waals surface area (Å²) in [6, 6.07) is 14.0. The summed E-state index contributed by atoms with van der Waals surface area (Å²) in [5, 5.41) is 13.6. The van der Waals surface area contributed by atoms with Crippen LogP contribution in [0.2, 0.25) is 0 Å². The number of benzene rings is 2. The maximum atomic E-state index is 10.3. The summed E-state index contributed by atoms with van der Waals surface area (Å²) < 4.78 is 10.7. The van der Waals surface area contributed by atoms with Gasteiger partial charge in [0.05, 0.1) is 6.10 Å². The van der Waals surface area contributed by atoms with Crippen molar-refractivity contribution in [1.29, 1.82) is 0 Å². The quantitative estimate of drug-likeness (QED) is 0.890. The maximum Gasteiger partial charge on any atom is 0.231 e. The fraction of sp³-hybridized carbons (Fsp3) is 0.333. The molecule has 4 nitrogen and oxygen atoms in total. The molecule has 0 bridgehead atoms. The van der Waals surface area contributed by atoms with Gasteiger partial charge >= 0.3 is 0 Å². The lowest BCUT2D eigenvalue weighted by Gasteiger charge is -2.18. The third kappa shape index (κ3) is 3.24. The highest BCUT2D eigenvalue weighted by atomic mass is 16.7. The van der Waals surface area contributed by atoms with Gasteiger partial charge in [-0.05, 0) is 37.1 Å². The second-order valence-electron chi connectivity index (χ2n) is 5.67. The van der Waals surface area contributed by atoms with Gasteiger partial charge in [0.2, 0.25) is 6.79 Å². The average molecular weight is 299 g/mol. The first-order valence-corrected chi connectivity index (χ1v) is 7.51. The van der Waals surface area contributed by atoms with Crippen LogP contribution in [-0.4, -0.2) is 18.4 Å². The monoisotopic (exact) mass is 299 g/mol. The minimum absolute atomic E-state index is 0.120. The van der Waals surface area contributed by atoms with E-state index in [1.807, 2.05) is 49.4 Å². The molecule has 0 saturated carbocycles. The number of aryl methyl sites for hydroxylation is 1. The van der Waals surface area contributed by atoms with Crippen LogP contribution in [0.5, 0.6) is 11.5 Å². The number of aliphatic hydroxyl groups excluding tert-OH is 1. The molecule has 0 radical (unpaired) electrons. The first-order chi connectivity index (χ1) is 10.6. The van der Waals surface area contributed by atoms with E-state index in [1.54, 1.807) is 0 Å². The van der Waals surface area contributed by atoms with Crippen molar-refractivity contribution >= 4 is 0 Å². The SMILES string of the molecule is Cc1ccc(C(O)CNC(C)c2ccc3c(c2)OCO3)cc1. The fourth-order valence-electron chi connectivity index (χ4n) is 2.50. The number of hydrogen-bond acceptors (Lipinski definition) is 4. The first-order valence-electron chi connectivity index (χ1n) is 7.51. The van der Waals surface area contributed by atoms with Gasteiger partial charge in [-0.1, -0.05) is 35.9 Å². The molecule has 2 aromatic rings. The molecular weight excluding hydrogens is 278 g/mol. The van der Waals surface area contributed by atoms with E-state index in [-0.39, 0.29) is 12.8 Å². The molecule has 0 aromatic heterocycles. The highest BCUT2D eigenvalue weighted by Gasteiger charge is 2.16. The van der Waals surface area contributed by atoms with Crippen LogP contribution in [0.15, 0.2) is 42.5 Å². The van der Waals surface area contributed by atoms with Gasteiger partial charge in [-0.25, -0.2) is 0 Å². The zero-order valence-electron chi connectivity index (χ0n) is 12.9. The highest BCUT2D eigenvalue weighted by Crippen LogP contribution is 2.34. The molecule has 2 N–H and O–H groups in total. The molecule has 3 rings (SSSR count). The van der Waals surface area contributed by atoms with E-state index in [9.17, 15) is 5.11 Å². The standard InChI is InChI=1S/C18H21NO3/c1-12-3-5-14(6-4-12)16(20)10-19-13(2)15-7-8-17-18(9-15)22-11-21-17/h3-9,13,16,19-20H,10-11H2,1-2H3. The van der Waals surface area contributed by atoms with Crippen molar-refractivity contribution in [2.45, 2.75) is 26.0 Å². The summed E-state index contributed by atoms with van der Waals surface area (Å²) in [7, 11) is 0. The van der Waals surface area contributed by atoms with E-state index < -0.39 is 6.10 Å². The van der Waals surface area contributed by atoms with Gasteiger partial charge in [0.15, 0.2) is 11.5 Å². The fourth-order valence-corrected chi connectivity index (χ4v) is 2.50. The van der Waals surface area contributed by atoms with Crippen LogP contribution in [0.4, 0.5) is 0 Å². The van der Waals surface area contributed by atoms with Crippen LogP contribution >= 0.6 is 0 Å². The summed E-state index contributed by atoms with van der Waals surface area (Å²) in [6.07, 6.45) is -0.517. The molecule has 1 aliphatic heterocycles. The average Bonchev–Trinajstić information content (AvgIpc) is 3.00. The predicted molar refractivity (Wildman–Crippen MR) is 85.1 cm³/mol. The van der Waals surface area contributed by atoms with Crippen molar-refractivity contribution in [2.24, 2.45) is 0 Å². The Bertz CT molecular complexity index is 639. The van der Waals surface area contributed by atoms with Crippen LogP contribution < -0.4 is 14.8 Å². The number of hydrogen-bond donors (Lipinski definition) is 2. The minimum atomic E-state index is -0.517. The highest BCUT2D eigenvalue weighted by molar-refractivity contribution is 5.45. The summed E-state index contributed by atoms with van der Waals surface area (Å²) in [4.78, 5) is 0. The van der Waals surface area contributed by atoms with E-state index in [1.165, 1.54) is 5.56 Å². The molecule has 2 atom stereocenters. The lowest BCUT2D eigenvalue weighted by Crippen LogP contribution is -2.24. The molecule has 0 spiro atoms. The molecule has 0 aliphatic carbocycles. The number of fused-ring (bicyclic) bond motifs is 1. The number of aliphatic hydroxyl groups is 1. The van der Waals surface area contributed by atoms with Gasteiger partial charge in [0.25, 0.3) is 0 Å². The van der Waals surface area contributed by atoms with Crippen molar-refractivity contribution in [3.63, 3.8) is 0 Å².